The van der Waals surface area contributed by atoms with Crippen molar-refractivity contribution in [3.8, 4) is 0 Å². The Balaban J connectivity index is 1.77. The number of carboxylic acid groups (broad SMARTS) is 1. The molecule has 22 heavy (non-hydrogen) atoms. The van der Waals surface area contributed by atoms with E-state index in [4.69, 9.17) is 11.6 Å². The average molecular weight is 325 g/mol. The number of aliphatic carboxylic acids is 1. The van der Waals surface area contributed by atoms with Crippen molar-refractivity contribution in [1.29, 1.82) is 0 Å². The van der Waals surface area contributed by atoms with Crippen molar-refractivity contribution in [3.63, 3.8) is 0 Å². The minimum atomic E-state index is -0.709. The number of rotatable bonds is 4. The number of carboxylic acids is 1. The predicted octanol–water partition coefficient (Wildman–Crippen LogP) is 2.93. The van der Waals surface area contributed by atoms with Gasteiger partial charge in [-0.3, -0.25) is 19.8 Å². The van der Waals surface area contributed by atoms with Crippen LogP contribution in [-0.2, 0) is 11.3 Å². The van der Waals surface area contributed by atoms with Gasteiger partial charge in [0, 0.05) is 25.7 Å². The SMILES string of the molecule is O=C(O)[C@@]12CCC[C@H]1CN(Cc1ccc(Cl)c([N+](=O)[O-])c1)C2. The Bertz CT molecular complexity index is 636. The number of fused-ring (bicyclic) bond motifs is 1. The molecule has 0 radical (unpaired) electrons. The molecule has 0 unspecified atom stereocenters. The monoisotopic (exact) mass is 324 g/mol. The number of likely N-dealkylation sites (tertiary alicyclic amines) is 1. The van der Waals surface area contributed by atoms with Gasteiger partial charge in [-0.2, -0.15) is 0 Å². The number of carbonyl (C=O) groups is 1. The lowest BCUT2D eigenvalue weighted by atomic mass is 9.81. The van der Waals surface area contributed by atoms with E-state index < -0.39 is 16.3 Å². The van der Waals surface area contributed by atoms with Crippen LogP contribution in [0.3, 0.4) is 0 Å². The minimum absolute atomic E-state index is 0.105. The van der Waals surface area contributed by atoms with Crippen molar-refractivity contribution in [2.24, 2.45) is 11.3 Å². The van der Waals surface area contributed by atoms with Crippen molar-refractivity contribution in [3.05, 3.63) is 38.9 Å². The highest BCUT2D eigenvalue weighted by atomic mass is 35.5. The minimum Gasteiger partial charge on any atom is -0.481 e. The summed E-state index contributed by atoms with van der Waals surface area (Å²) in [6, 6.07) is 4.76. The fraction of sp³-hybridized carbons (Fsp3) is 0.533. The number of nitro benzene ring substituents is 1. The molecule has 2 atom stereocenters. The Morgan fingerprint density at radius 1 is 1.55 bits per heavy atom. The molecule has 1 aromatic carbocycles. The zero-order valence-electron chi connectivity index (χ0n) is 12.0. The van der Waals surface area contributed by atoms with Gasteiger partial charge in [-0.15, -0.1) is 0 Å². The smallest absolute Gasteiger partial charge is 0.311 e. The maximum atomic E-state index is 11.7. The van der Waals surface area contributed by atoms with Gasteiger partial charge < -0.3 is 5.11 Å². The lowest BCUT2D eigenvalue weighted by Crippen LogP contribution is -2.35. The summed E-state index contributed by atoms with van der Waals surface area (Å²) in [6.45, 7) is 1.77. The Morgan fingerprint density at radius 3 is 2.95 bits per heavy atom. The van der Waals surface area contributed by atoms with Gasteiger partial charge in [0.05, 0.1) is 10.3 Å². The highest BCUT2D eigenvalue weighted by molar-refractivity contribution is 6.32. The number of halogens is 1. The summed E-state index contributed by atoms with van der Waals surface area (Å²) in [4.78, 5) is 24.2. The van der Waals surface area contributed by atoms with Crippen molar-refractivity contribution in [2.75, 3.05) is 13.1 Å². The molecule has 6 nitrogen and oxygen atoms in total. The standard InChI is InChI=1S/C15H17ClN2O4/c16-12-4-3-10(6-13(12)18(21)22)7-17-8-11-2-1-5-15(11,9-17)14(19)20/h3-4,6,11H,1-2,5,7-9H2,(H,19,20)/t11-,15+/m0/s1. The first-order valence-corrected chi connectivity index (χ1v) is 7.69. The molecule has 1 aromatic rings. The molecule has 1 saturated heterocycles. The van der Waals surface area contributed by atoms with Crippen LogP contribution in [-0.4, -0.2) is 34.0 Å². The van der Waals surface area contributed by atoms with E-state index in [0.717, 1.165) is 31.4 Å². The lowest BCUT2D eigenvalue weighted by molar-refractivity contribution is -0.384. The Morgan fingerprint density at radius 2 is 2.32 bits per heavy atom. The molecule has 3 rings (SSSR count). The molecule has 0 spiro atoms. The van der Waals surface area contributed by atoms with Crippen LogP contribution in [0, 0.1) is 21.4 Å². The van der Waals surface area contributed by atoms with Gasteiger partial charge in [0.1, 0.15) is 5.02 Å². The third-order valence-electron chi connectivity index (χ3n) is 4.98. The molecule has 1 N–H and O–H groups in total. The first kappa shape index (κ1) is 15.2. The second-order valence-corrected chi connectivity index (χ2v) is 6.67. The van der Waals surface area contributed by atoms with E-state index >= 15 is 0 Å². The Kier molecular flexibility index (Phi) is 3.82. The average Bonchev–Trinajstić information content (AvgIpc) is 2.98. The van der Waals surface area contributed by atoms with E-state index in [1.807, 2.05) is 0 Å². The van der Waals surface area contributed by atoms with Crippen LogP contribution < -0.4 is 0 Å². The molecule has 0 aromatic heterocycles. The molecule has 1 saturated carbocycles. The number of nitrogens with zero attached hydrogens (tertiary/aromatic N) is 2. The summed E-state index contributed by atoms with van der Waals surface area (Å²) >= 11 is 5.82. The van der Waals surface area contributed by atoms with E-state index in [0.29, 0.717) is 13.1 Å². The molecule has 118 valence electrons. The van der Waals surface area contributed by atoms with Crippen LogP contribution in [0.5, 0.6) is 0 Å². The second kappa shape index (κ2) is 5.52. The first-order chi connectivity index (χ1) is 10.4. The zero-order chi connectivity index (χ0) is 15.9. The summed E-state index contributed by atoms with van der Waals surface area (Å²) in [6.07, 6.45) is 2.64. The van der Waals surface area contributed by atoms with E-state index in [9.17, 15) is 20.0 Å². The van der Waals surface area contributed by atoms with E-state index in [1.54, 1.807) is 6.07 Å². The number of benzene rings is 1. The fourth-order valence-electron chi connectivity index (χ4n) is 3.92. The van der Waals surface area contributed by atoms with Gasteiger partial charge in [0.25, 0.3) is 5.69 Å². The molecule has 2 fully saturated rings. The maximum absolute atomic E-state index is 11.7. The van der Waals surface area contributed by atoms with Crippen LogP contribution in [0.2, 0.25) is 5.02 Å². The largest absolute Gasteiger partial charge is 0.481 e. The van der Waals surface area contributed by atoms with Gasteiger partial charge in [0.2, 0.25) is 0 Å². The second-order valence-electron chi connectivity index (χ2n) is 6.26. The van der Waals surface area contributed by atoms with Crippen LogP contribution >= 0.6 is 11.6 Å². The summed E-state index contributed by atoms with van der Waals surface area (Å²) in [5.41, 5.74) is 0.0568. The van der Waals surface area contributed by atoms with Crippen LogP contribution in [0.15, 0.2) is 18.2 Å². The van der Waals surface area contributed by atoms with Crippen molar-refractivity contribution >= 4 is 23.3 Å². The molecule has 1 heterocycles. The molecule has 1 aliphatic carbocycles. The highest BCUT2D eigenvalue weighted by Crippen LogP contribution is 2.49. The third kappa shape index (κ3) is 2.46. The quantitative estimate of drug-likeness (QED) is 0.680. The third-order valence-corrected chi connectivity index (χ3v) is 5.30. The van der Waals surface area contributed by atoms with Gasteiger partial charge in [-0.05, 0) is 30.4 Å². The zero-order valence-corrected chi connectivity index (χ0v) is 12.8. The van der Waals surface area contributed by atoms with Crippen molar-refractivity contribution in [1.82, 2.24) is 4.90 Å². The first-order valence-electron chi connectivity index (χ1n) is 7.31. The van der Waals surface area contributed by atoms with E-state index in [-0.39, 0.29) is 16.6 Å². The van der Waals surface area contributed by atoms with E-state index in [2.05, 4.69) is 4.90 Å². The molecular weight excluding hydrogens is 308 g/mol. The number of hydrogen-bond acceptors (Lipinski definition) is 4. The molecular formula is C15H17ClN2O4. The summed E-state index contributed by atoms with van der Waals surface area (Å²) < 4.78 is 0. The Labute approximate surface area is 132 Å². The highest BCUT2D eigenvalue weighted by Gasteiger charge is 2.54. The van der Waals surface area contributed by atoms with Crippen LogP contribution in [0.1, 0.15) is 24.8 Å². The number of hydrogen-bond donors (Lipinski definition) is 1. The molecule has 0 amide bonds. The predicted molar refractivity (Wildman–Crippen MR) is 80.8 cm³/mol. The van der Waals surface area contributed by atoms with Gasteiger partial charge in [-0.1, -0.05) is 24.1 Å². The van der Waals surface area contributed by atoms with Crippen LogP contribution in [0.4, 0.5) is 5.69 Å². The normalized spacial score (nSPS) is 27.8. The molecule has 2 aliphatic rings. The summed E-state index contributed by atoms with van der Waals surface area (Å²) in [7, 11) is 0. The fourth-order valence-corrected chi connectivity index (χ4v) is 4.10. The molecule has 1 aliphatic heterocycles. The lowest BCUT2D eigenvalue weighted by Gasteiger charge is -2.23. The number of nitro groups is 1. The van der Waals surface area contributed by atoms with Crippen molar-refractivity contribution < 1.29 is 14.8 Å². The van der Waals surface area contributed by atoms with Crippen molar-refractivity contribution in [2.45, 2.75) is 25.8 Å². The Hall–Kier alpha value is -1.66. The van der Waals surface area contributed by atoms with Gasteiger partial charge in [-0.25, -0.2) is 0 Å². The maximum Gasteiger partial charge on any atom is 0.311 e. The molecule has 7 heteroatoms. The van der Waals surface area contributed by atoms with Crippen LogP contribution in [0.25, 0.3) is 0 Å². The summed E-state index contributed by atoms with van der Waals surface area (Å²) in [5.74, 6) is -0.521. The van der Waals surface area contributed by atoms with E-state index in [1.165, 1.54) is 12.1 Å². The summed E-state index contributed by atoms with van der Waals surface area (Å²) in [5, 5.41) is 20.6. The van der Waals surface area contributed by atoms with Gasteiger partial charge >= 0.3 is 5.97 Å². The molecule has 0 bridgehead atoms. The van der Waals surface area contributed by atoms with Gasteiger partial charge in [0.15, 0.2) is 0 Å². The topological polar surface area (TPSA) is 83.7 Å².